The number of nitrogens with zero attached hydrogens (tertiary/aromatic N) is 5. The standard InChI is InChI=1S/C24H29N3O.C19H19FN2O.2ClH/c1-18-16-22(27-14-6-3-7-15-27)24-21(25-18)17-23(28-24)19-8-10-20(11-9-19)26-12-4-2-5-13-26;1-13-11-17(22-9-3-2-4-10-22)19-16(21-13)12-18(23-19)14-5-7-15(20)8-6-14;;/h8-11,16-17H,2-7,12-15H2,1H3;5-8,11-12H,2-4,9-10H2,1H3;2*1H. The molecule has 10 heteroatoms. The van der Waals surface area contributed by atoms with Crippen LogP contribution < -0.4 is 14.7 Å². The van der Waals surface area contributed by atoms with E-state index in [9.17, 15) is 4.39 Å². The van der Waals surface area contributed by atoms with Gasteiger partial charge in [0.05, 0.1) is 11.4 Å². The van der Waals surface area contributed by atoms with Gasteiger partial charge in [-0.2, -0.15) is 0 Å². The first kappa shape index (κ1) is 38.5. The third-order valence-electron chi connectivity index (χ3n) is 10.6. The lowest BCUT2D eigenvalue weighted by Gasteiger charge is -2.29. The van der Waals surface area contributed by atoms with Crippen molar-refractivity contribution in [3.8, 4) is 22.6 Å². The van der Waals surface area contributed by atoms with Crippen LogP contribution in [-0.4, -0.2) is 49.2 Å². The largest absolute Gasteiger partial charge is 0.452 e. The maximum absolute atomic E-state index is 13.1. The van der Waals surface area contributed by atoms with Crippen LogP contribution in [0.2, 0.25) is 0 Å². The molecule has 53 heavy (non-hydrogen) atoms. The molecule has 6 aromatic rings. The highest BCUT2D eigenvalue weighted by Gasteiger charge is 2.21. The maximum atomic E-state index is 13.1. The highest BCUT2D eigenvalue weighted by Crippen LogP contribution is 2.37. The molecule has 0 amide bonds. The second kappa shape index (κ2) is 17.3. The van der Waals surface area contributed by atoms with Gasteiger partial charge in [0.25, 0.3) is 0 Å². The fourth-order valence-electron chi connectivity index (χ4n) is 7.89. The molecule has 0 spiro atoms. The van der Waals surface area contributed by atoms with Crippen molar-refractivity contribution < 1.29 is 13.2 Å². The van der Waals surface area contributed by atoms with Gasteiger partial charge in [0.2, 0.25) is 0 Å². The zero-order chi connectivity index (χ0) is 34.7. The number of piperidine rings is 3. The second-order valence-electron chi connectivity index (χ2n) is 14.4. The van der Waals surface area contributed by atoms with Crippen LogP contribution in [0, 0.1) is 19.7 Å². The number of furan rings is 2. The predicted octanol–water partition coefficient (Wildman–Crippen LogP) is 11.6. The number of aryl methyl sites for hydroxylation is 2. The predicted molar refractivity (Wildman–Crippen MR) is 221 cm³/mol. The summed E-state index contributed by atoms with van der Waals surface area (Å²) in [6, 6.07) is 23.6. The number of hydrogen-bond acceptors (Lipinski definition) is 7. The van der Waals surface area contributed by atoms with Gasteiger partial charge in [-0.1, -0.05) is 0 Å². The number of benzene rings is 2. The molecule has 2 aromatic carbocycles. The van der Waals surface area contributed by atoms with Crippen LogP contribution in [0.1, 0.15) is 69.2 Å². The van der Waals surface area contributed by atoms with Gasteiger partial charge in [0.1, 0.15) is 28.4 Å². The molecule has 3 fully saturated rings. The average Bonchev–Trinajstić information content (AvgIpc) is 3.81. The average molecular weight is 759 g/mol. The van der Waals surface area contributed by atoms with Gasteiger partial charge in [-0.3, -0.25) is 0 Å². The molecule has 3 saturated heterocycles. The molecule has 7 heterocycles. The second-order valence-corrected chi connectivity index (χ2v) is 14.4. The molecule has 7 nitrogen and oxygen atoms in total. The summed E-state index contributed by atoms with van der Waals surface area (Å²) < 4.78 is 25.6. The minimum absolute atomic E-state index is 0. The molecule has 0 unspecified atom stereocenters. The zero-order valence-electron chi connectivity index (χ0n) is 30.8. The summed E-state index contributed by atoms with van der Waals surface area (Å²) in [6.07, 6.45) is 11.5. The topological polar surface area (TPSA) is 61.8 Å². The van der Waals surface area contributed by atoms with Gasteiger partial charge in [-0.15, -0.1) is 24.8 Å². The van der Waals surface area contributed by atoms with Crippen LogP contribution in [0.3, 0.4) is 0 Å². The fraction of sp³-hybridized carbons (Fsp3) is 0.395. The number of fused-ring (bicyclic) bond motifs is 2. The van der Waals surface area contributed by atoms with Crippen LogP contribution in [-0.2, 0) is 0 Å². The van der Waals surface area contributed by atoms with Crippen LogP contribution >= 0.6 is 24.8 Å². The number of hydrogen-bond donors (Lipinski definition) is 0. The molecule has 0 radical (unpaired) electrons. The highest BCUT2D eigenvalue weighted by molar-refractivity contribution is 5.91. The number of pyridine rings is 2. The quantitative estimate of drug-likeness (QED) is 0.173. The third-order valence-corrected chi connectivity index (χ3v) is 10.6. The Morgan fingerprint density at radius 3 is 1.28 bits per heavy atom. The Labute approximate surface area is 324 Å². The highest BCUT2D eigenvalue weighted by atomic mass is 35.5. The van der Waals surface area contributed by atoms with Crippen molar-refractivity contribution in [3.63, 3.8) is 0 Å². The first-order chi connectivity index (χ1) is 25.0. The molecule has 0 saturated carbocycles. The zero-order valence-corrected chi connectivity index (χ0v) is 32.4. The van der Waals surface area contributed by atoms with Crippen molar-refractivity contribution in [3.05, 3.63) is 90.0 Å². The van der Waals surface area contributed by atoms with E-state index in [-0.39, 0.29) is 30.6 Å². The monoisotopic (exact) mass is 757 g/mol. The van der Waals surface area contributed by atoms with Crippen LogP contribution in [0.15, 0.2) is 81.6 Å². The van der Waals surface area contributed by atoms with Crippen LogP contribution in [0.4, 0.5) is 21.5 Å². The summed E-state index contributed by atoms with van der Waals surface area (Å²) in [6.45, 7) is 10.8. The van der Waals surface area contributed by atoms with E-state index >= 15 is 0 Å². The molecule has 0 bridgehead atoms. The van der Waals surface area contributed by atoms with Crippen molar-refractivity contribution in [1.29, 1.82) is 0 Å². The molecule has 9 rings (SSSR count). The first-order valence-electron chi connectivity index (χ1n) is 18.9. The van der Waals surface area contributed by atoms with Gasteiger partial charge in [-0.25, -0.2) is 14.4 Å². The minimum atomic E-state index is -0.243. The summed E-state index contributed by atoms with van der Waals surface area (Å²) in [5.74, 6) is 1.40. The molecule has 0 N–H and O–H groups in total. The Balaban J connectivity index is 0.000000178. The van der Waals surface area contributed by atoms with E-state index in [0.29, 0.717) is 0 Å². The summed E-state index contributed by atoms with van der Waals surface area (Å²) >= 11 is 0. The van der Waals surface area contributed by atoms with Crippen molar-refractivity contribution >= 4 is 64.1 Å². The molecule has 3 aliphatic rings. The lowest BCUT2D eigenvalue weighted by Crippen LogP contribution is -2.29. The lowest BCUT2D eigenvalue weighted by molar-refractivity contribution is 0.571. The Bertz CT molecular complexity index is 2100. The van der Waals surface area contributed by atoms with E-state index in [1.165, 1.54) is 94.4 Å². The van der Waals surface area contributed by atoms with Gasteiger partial charge in [0.15, 0.2) is 11.2 Å². The Morgan fingerprint density at radius 2 is 0.868 bits per heavy atom. The Morgan fingerprint density at radius 1 is 0.491 bits per heavy atom. The molecular formula is C43H50Cl2FN5O2. The third kappa shape index (κ3) is 8.60. The van der Waals surface area contributed by atoms with Crippen LogP contribution in [0.25, 0.3) is 44.8 Å². The maximum Gasteiger partial charge on any atom is 0.176 e. The number of anilines is 3. The van der Waals surface area contributed by atoms with E-state index < -0.39 is 0 Å². The van der Waals surface area contributed by atoms with Gasteiger partial charge < -0.3 is 23.5 Å². The van der Waals surface area contributed by atoms with E-state index in [0.717, 1.165) is 88.1 Å². The van der Waals surface area contributed by atoms with Crippen molar-refractivity contribution in [2.45, 2.75) is 71.6 Å². The van der Waals surface area contributed by atoms with E-state index in [2.05, 4.69) is 69.1 Å². The molecule has 4 aromatic heterocycles. The molecule has 0 aliphatic carbocycles. The normalized spacial score (nSPS) is 16.2. The smallest absolute Gasteiger partial charge is 0.176 e. The number of rotatable bonds is 5. The summed E-state index contributed by atoms with van der Waals surface area (Å²) in [5.41, 5.74) is 11.3. The molecule has 0 atom stereocenters. The Kier molecular flexibility index (Phi) is 12.5. The summed E-state index contributed by atoms with van der Waals surface area (Å²) in [4.78, 5) is 16.7. The van der Waals surface area contributed by atoms with Gasteiger partial charge in [-0.05, 0) is 132 Å². The summed E-state index contributed by atoms with van der Waals surface area (Å²) in [7, 11) is 0. The number of aromatic nitrogens is 2. The molecule has 3 aliphatic heterocycles. The fourth-order valence-corrected chi connectivity index (χ4v) is 7.89. The van der Waals surface area contributed by atoms with Crippen molar-refractivity contribution in [2.75, 3.05) is 54.0 Å². The lowest BCUT2D eigenvalue weighted by atomic mass is 10.1. The van der Waals surface area contributed by atoms with Crippen molar-refractivity contribution in [2.24, 2.45) is 0 Å². The van der Waals surface area contributed by atoms with E-state index in [1.807, 2.05) is 13.0 Å². The number of halogens is 3. The first-order valence-corrected chi connectivity index (χ1v) is 18.9. The Hall–Kier alpha value is -4.27. The molecule has 280 valence electrons. The molecular weight excluding hydrogens is 708 g/mol. The minimum Gasteiger partial charge on any atom is -0.452 e. The van der Waals surface area contributed by atoms with Crippen molar-refractivity contribution in [1.82, 2.24) is 9.97 Å². The van der Waals surface area contributed by atoms with E-state index in [4.69, 9.17) is 13.8 Å². The van der Waals surface area contributed by atoms with E-state index in [1.54, 1.807) is 12.1 Å². The summed E-state index contributed by atoms with van der Waals surface area (Å²) in [5, 5.41) is 0. The SMILES string of the molecule is Cc1cc(N2CCCCC2)c2oc(-c3ccc(F)cc3)cc2n1.Cc1cc(N2CCCCC2)c2oc(-c3ccc(N4CCCCC4)cc3)cc2n1.Cl.Cl. The van der Waals surface area contributed by atoms with Crippen LogP contribution in [0.5, 0.6) is 0 Å². The van der Waals surface area contributed by atoms with Gasteiger partial charge >= 0.3 is 0 Å². The van der Waals surface area contributed by atoms with Gasteiger partial charge in [0, 0.05) is 79.6 Å².